The number of oxazole rings is 1. The van der Waals surface area contributed by atoms with Crippen LogP contribution in [-0.4, -0.2) is 65.0 Å². The van der Waals surface area contributed by atoms with E-state index in [4.69, 9.17) is 9.15 Å². The topological polar surface area (TPSA) is 83.7 Å². The van der Waals surface area contributed by atoms with E-state index in [-0.39, 0.29) is 5.91 Å². The number of aryl methyl sites for hydroxylation is 3. The van der Waals surface area contributed by atoms with E-state index in [2.05, 4.69) is 44.9 Å². The summed E-state index contributed by atoms with van der Waals surface area (Å²) in [6, 6.07) is 8.73. The van der Waals surface area contributed by atoms with Crippen molar-refractivity contribution < 1.29 is 13.9 Å². The first-order chi connectivity index (χ1) is 17.8. The van der Waals surface area contributed by atoms with Crippen LogP contribution in [0.5, 0.6) is 5.75 Å². The van der Waals surface area contributed by atoms with E-state index in [0.717, 1.165) is 47.1 Å². The van der Waals surface area contributed by atoms with Crippen LogP contribution in [0.15, 0.2) is 46.0 Å². The van der Waals surface area contributed by atoms with Crippen LogP contribution in [-0.2, 0) is 13.1 Å². The molecule has 1 aliphatic carbocycles. The fraction of sp³-hybridized carbons (Fsp3) is 0.464. The molecule has 0 radical (unpaired) electrons. The lowest BCUT2D eigenvalue weighted by atomic mass is 10.1. The number of hydrogen-bond acceptors (Lipinski definition) is 8. The molecule has 5 rings (SSSR count). The Bertz CT molecular complexity index is 1180. The highest BCUT2D eigenvalue weighted by Crippen LogP contribution is 2.24. The van der Waals surface area contributed by atoms with Crippen LogP contribution in [0.2, 0.25) is 0 Å². The lowest BCUT2D eigenvalue weighted by Gasteiger charge is -2.34. The molecular weight excluding hydrogens is 486 g/mol. The SMILES string of the molecule is COc1cc(C)c(S)c(C)c1.Cc1cc(CN2CCN(C(=O)c3coc(CNC4CC4)n3)CC2)ccn1. The summed E-state index contributed by atoms with van der Waals surface area (Å²) in [5, 5.41) is 3.35. The minimum absolute atomic E-state index is 0.0363. The maximum atomic E-state index is 12.6. The number of amides is 1. The van der Waals surface area contributed by atoms with Gasteiger partial charge in [0.2, 0.25) is 5.89 Å². The van der Waals surface area contributed by atoms with Gasteiger partial charge >= 0.3 is 0 Å². The number of thiol groups is 1. The molecule has 3 heterocycles. The third-order valence-electron chi connectivity index (χ3n) is 6.62. The standard InChI is InChI=1S/C19H25N5O2.C9H12OS/c1-14-10-15(4-5-20-14)12-23-6-8-24(9-7-23)19(25)17-13-26-18(22-17)11-21-16-2-3-16;1-6-4-8(10-3)5-7(2)9(6)11/h4-5,10,13,16,21H,2-3,6-9,11-12H2,1H3;4-5,11H,1-3H3. The Labute approximate surface area is 224 Å². The maximum absolute atomic E-state index is 12.6. The van der Waals surface area contributed by atoms with Gasteiger partial charge < -0.3 is 19.4 Å². The fourth-order valence-corrected chi connectivity index (χ4v) is 4.40. The molecule has 2 fully saturated rings. The van der Waals surface area contributed by atoms with Crippen LogP contribution in [0.1, 0.15) is 51.6 Å². The van der Waals surface area contributed by atoms with Gasteiger partial charge in [-0.3, -0.25) is 14.7 Å². The molecule has 1 saturated carbocycles. The Morgan fingerprint density at radius 2 is 1.84 bits per heavy atom. The average Bonchev–Trinajstić information content (AvgIpc) is 3.61. The smallest absolute Gasteiger partial charge is 0.275 e. The first kappa shape index (κ1) is 27.2. The summed E-state index contributed by atoms with van der Waals surface area (Å²) in [6.45, 7) is 10.7. The molecular formula is C28H37N5O3S. The Balaban J connectivity index is 0.000000245. The van der Waals surface area contributed by atoms with Gasteiger partial charge in [-0.15, -0.1) is 12.6 Å². The molecule has 0 unspecified atom stereocenters. The number of methoxy groups -OCH3 is 1. The maximum Gasteiger partial charge on any atom is 0.275 e. The second-order valence-corrected chi connectivity index (χ2v) is 10.2. The Morgan fingerprint density at radius 1 is 1.14 bits per heavy atom. The van der Waals surface area contributed by atoms with Crippen molar-refractivity contribution in [1.82, 2.24) is 25.1 Å². The Hall–Kier alpha value is -2.88. The van der Waals surface area contributed by atoms with Crippen molar-refractivity contribution in [2.45, 2.75) is 57.6 Å². The second-order valence-electron chi connectivity index (χ2n) is 9.77. The van der Waals surface area contributed by atoms with Crippen molar-refractivity contribution in [3.05, 3.63) is 70.7 Å². The minimum Gasteiger partial charge on any atom is -0.497 e. The first-order valence-corrected chi connectivity index (χ1v) is 13.2. The molecule has 1 N–H and O–H groups in total. The van der Waals surface area contributed by atoms with Crippen molar-refractivity contribution in [2.24, 2.45) is 0 Å². The van der Waals surface area contributed by atoms with Crippen LogP contribution in [0.25, 0.3) is 0 Å². The number of hydrogen-bond donors (Lipinski definition) is 2. The van der Waals surface area contributed by atoms with Crippen LogP contribution in [0, 0.1) is 20.8 Å². The largest absolute Gasteiger partial charge is 0.497 e. The van der Waals surface area contributed by atoms with E-state index in [1.165, 1.54) is 24.7 Å². The number of carbonyl (C=O) groups excluding carboxylic acids is 1. The van der Waals surface area contributed by atoms with Crippen LogP contribution >= 0.6 is 12.6 Å². The normalized spacial score (nSPS) is 15.8. The molecule has 8 nitrogen and oxygen atoms in total. The van der Waals surface area contributed by atoms with Crippen molar-refractivity contribution in [1.29, 1.82) is 0 Å². The summed E-state index contributed by atoms with van der Waals surface area (Å²) in [5.41, 5.74) is 5.03. The Morgan fingerprint density at radius 3 is 2.46 bits per heavy atom. The molecule has 0 spiro atoms. The predicted octanol–water partition coefficient (Wildman–Crippen LogP) is 4.19. The average molecular weight is 524 g/mol. The van der Waals surface area contributed by atoms with E-state index in [0.29, 0.717) is 37.3 Å². The molecule has 3 aromatic rings. The number of aromatic nitrogens is 2. The molecule has 1 amide bonds. The molecule has 1 aromatic carbocycles. The zero-order valence-electron chi connectivity index (χ0n) is 22.2. The molecule has 2 aromatic heterocycles. The van der Waals surface area contributed by atoms with Gasteiger partial charge in [-0.2, -0.15) is 0 Å². The van der Waals surface area contributed by atoms with Crippen LogP contribution in [0.3, 0.4) is 0 Å². The fourth-order valence-electron chi connectivity index (χ4n) is 4.28. The third kappa shape index (κ3) is 7.80. The molecule has 0 atom stereocenters. The van der Waals surface area contributed by atoms with E-state index < -0.39 is 0 Å². The molecule has 198 valence electrons. The molecule has 2 aliphatic rings. The highest BCUT2D eigenvalue weighted by atomic mass is 32.1. The molecule has 0 bridgehead atoms. The van der Waals surface area contributed by atoms with Crippen molar-refractivity contribution in [3.8, 4) is 5.75 Å². The molecule has 1 aliphatic heterocycles. The summed E-state index contributed by atoms with van der Waals surface area (Å²) in [6.07, 6.45) is 5.77. The summed E-state index contributed by atoms with van der Waals surface area (Å²) in [7, 11) is 1.67. The number of benzene rings is 1. The van der Waals surface area contributed by atoms with Crippen molar-refractivity contribution >= 4 is 18.5 Å². The summed E-state index contributed by atoms with van der Waals surface area (Å²) in [4.78, 5) is 26.5. The number of nitrogens with zero attached hydrogens (tertiary/aromatic N) is 4. The minimum atomic E-state index is -0.0363. The first-order valence-electron chi connectivity index (χ1n) is 12.8. The van der Waals surface area contributed by atoms with Gasteiger partial charge in [0, 0.05) is 55.6 Å². The van der Waals surface area contributed by atoms with Gasteiger partial charge in [0.1, 0.15) is 12.0 Å². The highest BCUT2D eigenvalue weighted by Gasteiger charge is 2.25. The monoisotopic (exact) mass is 523 g/mol. The van der Waals surface area contributed by atoms with E-state index in [1.807, 2.05) is 44.0 Å². The summed E-state index contributed by atoms with van der Waals surface area (Å²) < 4.78 is 10.5. The molecule has 37 heavy (non-hydrogen) atoms. The van der Waals surface area contributed by atoms with Gasteiger partial charge in [-0.25, -0.2) is 4.98 Å². The predicted molar refractivity (Wildman–Crippen MR) is 146 cm³/mol. The van der Waals surface area contributed by atoms with Gasteiger partial charge in [-0.05, 0) is 74.6 Å². The number of pyridine rings is 1. The molecule has 9 heteroatoms. The number of nitrogens with one attached hydrogen (secondary N) is 1. The van der Waals surface area contributed by atoms with E-state index in [9.17, 15) is 4.79 Å². The Kier molecular flexibility index (Phi) is 9.23. The second kappa shape index (κ2) is 12.6. The number of carbonyl (C=O) groups is 1. The van der Waals surface area contributed by atoms with Crippen molar-refractivity contribution in [2.75, 3.05) is 33.3 Å². The van der Waals surface area contributed by atoms with Gasteiger partial charge in [0.15, 0.2) is 5.69 Å². The molecule has 1 saturated heterocycles. The highest BCUT2D eigenvalue weighted by molar-refractivity contribution is 7.80. The number of rotatable bonds is 7. The lowest BCUT2D eigenvalue weighted by Crippen LogP contribution is -2.48. The summed E-state index contributed by atoms with van der Waals surface area (Å²) >= 11 is 4.34. The van der Waals surface area contributed by atoms with Crippen LogP contribution in [0.4, 0.5) is 0 Å². The summed E-state index contributed by atoms with van der Waals surface area (Å²) in [5.74, 6) is 1.45. The zero-order chi connectivity index (χ0) is 26.4. The van der Waals surface area contributed by atoms with Gasteiger partial charge in [-0.1, -0.05) is 0 Å². The van der Waals surface area contributed by atoms with Crippen LogP contribution < -0.4 is 10.1 Å². The van der Waals surface area contributed by atoms with E-state index >= 15 is 0 Å². The lowest BCUT2D eigenvalue weighted by molar-refractivity contribution is 0.0622. The van der Waals surface area contributed by atoms with E-state index in [1.54, 1.807) is 7.11 Å². The van der Waals surface area contributed by atoms with Gasteiger partial charge in [0.05, 0.1) is 13.7 Å². The van der Waals surface area contributed by atoms with Gasteiger partial charge in [0.25, 0.3) is 5.91 Å². The third-order valence-corrected chi connectivity index (χ3v) is 7.32. The number of piperazine rings is 1. The van der Waals surface area contributed by atoms with Crippen molar-refractivity contribution in [3.63, 3.8) is 0 Å². The number of ether oxygens (including phenoxy) is 1. The quantitative estimate of drug-likeness (QED) is 0.450. The zero-order valence-corrected chi connectivity index (χ0v) is 23.1.